The molecular formula is C53H33N9. The van der Waals surface area contributed by atoms with Gasteiger partial charge in [0.25, 0.3) is 0 Å². The molecule has 0 aliphatic rings. The van der Waals surface area contributed by atoms with E-state index in [0.29, 0.717) is 29.4 Å². The third-order valence-electron chi connectivity index (χ3n) is 11.4. The quantitative estimate of drug-likeness (QED) is 0.158. The summed E-state index contributed by atoms with van der Waals surface area (Å²) in [4.78, 5) is 34.2. The molecule has 5 aromatic heterocycles. The predicted octanol–water partition coefficient (Wildman–Crippen LogP) is 12.0. The van der Waals surface area contributed by atoms with Crippen molar-refractivity contribution in [3.63, 3.8) is 0 Å². The van der Waals surface area contributed by atoms with Crippen LogP contribution >= 0.6 is 0 Å². The SMILES string of the molecule is c1ccc(-c2ccc3c(c2)c2cc(-c4nc(-c5ccccc5)nc(-c5ccc6c(c5)c5cc(-c7ccccc7)ccc5n6-c5ncccn5)n4)ccc2n3-c2ncccn2)cc1. The zero-order valence-corrected chi connectivity index (χ0v) is 33.1. The van der Waals surface area contributed by atoms with Gasteiger partial charge in [0.2, 0.25) is 11.9 Å². The van der Waals surface area contributed by atoms with E-state index in [2.05, 4.69) is 150 Å². The van der Waals surface area contributed by atoms with Gasteiger partial charge in [0.1, 0.15) is 0 Å². The molecule has 0 atom stereocenters. The minimum atomic E-state index is 0.568. The first kappa shape index (κ1) is 35.3. The van der Waals surface area contributed by atoms with Crippen LogP contribution in [0.3, 0.4) is 0 Å². The van der Waals surface area contributed by atoms with Crippen LogP contribution in [-0.2, 0) is 0 Å². The van der Waals surface area contributed by atoms with Crippen molar-refractivity contribution in [1.82, 2.24) is 44.0 Å². The van der Waals surface area contributed by atoms with E-state index in [1.807, 2.05) is 54.6 Å². The fraction of sp³-hybridized carbons (Fsp3) is 0. The summed E-state index contributed by atoms with van der Waals surface area (Å²) < 4.78 is 4.24. The highest BCUT2D eigenvalue weighted by molar-refractivity contribution is 6.12. The van der Waals surface area contributed by atoms with Crippen LogP contribution in [0.2, 0.25) is 0 Å². The van der Waals surface area contributed by atoms with E-state index in [1.54, 1.807) is 24.8 Å². The highest BCUT2D eigenvalue weighted by atomic mass is 15.2. The van der Waals surface area contributed by atoms with Gasteiger partial charge < -0.3 is 0 Å². The van der Waals surface area contributed by atoms with E-state index < -0.39 is 0 Å². The summed E-state index contributed by atoms with van der Waals surface area (Å²) in [6.45, 7) is 0. The second kappa shape index (κ2) is 14.5. The molecule has 0 bridgehead atoms. The van der Waals surface area contributed by atoms with Gasteiger partial charge in [-0.1, -0.05) is 103 Å². The summed E-state index contributed by atoms with van der Waals surface area (Å²) in [6, 6.07) is 60.5. The lowest BCUT2D eigenvalue weighted by Gasteiger charge is -2.10. The van der Waals surface area contributed by atoms with Gasteiger partial charge in [-0.05, 0) is 95.1 Å². The van der Waals surface area contributed by atoms with E-state index in [9.17, 15) is 0 Å². The maximum Gasteiger partial charge on any atom is 0.234 e. The second-order valence-corrected chi connectivity index (χ2v) is 15.1. The van der Waals surface area contributed by atoms with Gasteiger partial charge in [-0.3, -0.25) is 9.13 Å². The van der Waals surface area contributed by atoms with Crippen molar-refractivity contribution < 1.29 is 0 Å². The molecule has 12 rings (SSSR count). The summed E-state index contributed by atoms with van der Waals surface area (Å²) in [5.74, 6) is 2.93. The molecule has 0 saturated heterocycles. The Hall–Kier alpha value is -8.69. The third-order valence-corrected chi connectivity index (χ3v) is 11.4. The highest BCUT2D eigenvalue weighted by Gasteiger charge is 2.20. The lowest BCUT2D eigenvalue weighted by molar-refractivity contribution is 0.988. The van der Waals surface area contributed by atoms with E-state index in [-0.39, 0.29) is 0 Å². The molecule has 0 aliphatic carbocycles. The van der Waals surface area contributed by atoms with E-state index >= 15 is 0 Å². The molecule has 0 unspecified atom stereocenters. The summed E-state index contributed by atoms with van der Waals surface area (Å²) in [7, 11) is 0. The Bertz CT molecular complexity index is 3390. The second-order valence-electron chi connectivity index (χ2n) is 15.1. The van der Waals surface area contributed by atoms with Crippen LogP contribution in [0.4, 0.5) is 0 Å². The molecule has 0 aliphatic heterocycles. The smallest absolute Gasteiger partial charge is 0.234 e. The highest BCUT2D eigenvalue weighted by Crippen LogP contribution is 2.39. The van der Waals surface area contributed by atoms with Crippen LogP contribution in [0.25, 0.3) is 112 Å². The largest absolute Gasteiger partial charge is 0.278 e. The Morgan fingerprint density at radius 3 is 0.935 bits per heavy atom. The Balaban J connectivity index is 1.07. The molecule has 5 heterocycles. The molecule has 0 radical (unpaired) electrons. The summed E-state index contributed by atoms with van der Waals surface area (Å²) >= 11 is 0. The van der Waals surface area contributed by atoms with Gasteiger partial charge in [0, 0.05) is 63.0 Å². The number of fused-ring (bicyclic) bond motifs is 6. The molecule has 0 amide bonds. The van der Waals surface area contributed by atoms with Crippen molar-refractivity contribution in [1.29, 1.82) is 0 Å². The van der Waals surface area contributed by atoms with Crippen molar-refractivity contribution in [3.05, 3.63) is 201 Å². The van der Waals surface area contributed by atoms with E-state index in [1.165, 1.54) is 0 Å². The molecule has 0 fully saturated rings. The first-order valence-corrected chi connectivity index (χ1v) is 20.4. The van der Waals surface area contributed by atoms with E-state index in [0.717, 1.165) is 82.6 Å². The van der Waals surface area contributed by atoms with Crippen molar-refractivity contribution in [3.8, 4) is 68.3 Å². The fourth-order valence-electron chi connectivity index (χ4n) is 8.54. The number of hydrogen-bond donors (Lipinski definition) is 0. The average Bonchev–Trinajstić information content (AvgIpc) is 3.86. The van der Waals surface area contributed by atoms with Crippen LogP contribution in [0, 0.1) is 0 Å². The predicted molar refractivity (Wildman–Crippen MR) is 247 cm³/mol. The number of hydrogen-bond acceptors (Lipinski definition) is 7. The third kappa shape index (κ3) is 5.98. The maximum atomic E-state index is 5.25. The number of aromatic nitrogens is 9. The molecule has 0 spiro atoms. The number of benzene rings is 7. The van der Waals surface area contributed by atoms with Gasteiger partial charge in [-0.2, -0.15) is 0 Å². The molecule has 9 nitrogen and oxygen atoms in total. The van der Waals surface area contributed by atoms with Crippen LogP contribution in [0.5, 0.6) is 0 Å². The van der Waals surface area contributed by atoms with Gasteiger partial charge in [-0.25, -0.2) is 34.9 Å². The zero-order valence-electron chi connectivity index (χ0n) is 33.1. The number of nitrogens with zero attached hydrogens (tertiary/aromatic N) is 9. The molecule has 62 heavy (non-hydrogen) atoms. The minimum absolute atomic E-state index is 0.568. The van der Waals surface area contributed by atoms with Crippen molar-refractivity contribution >= 4 is 43.6 Å². The molecule has 0 N–H and O–H groups in total. The van der Waals surface area contributed by atoms with Gasteiger partial charge in [0.05, 0.1) is 22.1 Å². The van der Waals surface area contributed by atoms with Gasteiger partial charge in [0.15, 0.2) is 17.5 Å². The maximum absolute atomic E-state index is 5.25. The molecule has 7 aromatic carbocycles. The Morgan fingerprint density at radius 1 is 0.258 bits per heavy atom. The standard InChI is InChI=1S/C53H33N9/c1-4-12-34(13-5-1)37-18-22-45-41(30-37)43-32-39(20-24-47(43)61(45)52-54-26-10-27-55-52)50-58-49(36-16-8-3-9-17-36)59-51(60-50)40-21-25-48-44(33-40)42-31-38(35-14-6-2-7-15-35)19-23-46(42)62(48)53-56-28-11-29-57-53/h1-33H. The summed E-state index contributed by atoms with van der Waals surface area (Å²) in [5.41, 5.74) is 11.1. The van der Waals surface area contributed by atoms with Crippen molar-refractivity contribution in [2.45, 2.75) is 0 Å². The van der Waals surface area contributed by atoms with Crippen LogP contribution in [-0.4, -0.2) is 44.0 Å². The molecular weight excluding hydrogens is 763 g/mol. The zero-order chi connectivity index (χ0) is 41.0. The lowest BCUT2D eigenvalue weighted by Crippen LogP contribution is -2.01. The van der Waals surface area contributed by atoms with E-state index in [4.69, 9.17) is 15.0 Å². The molecule has 290 valence electrons. The van der Waals surface area contributed by atoms with Crippen LogP contribution < -0.4 is 0 Å². The first-order valence-electron chi connectivity index (χ1n) is 20.4. The Kier molecular flexibility index (Phi) is 8.27. The Labute approximate surface area is 355 Å². The van der Waals surface area contributed by atoms with Crippen LogP contribution in [0.15, 0.2) is 201 Å². The molecule has 0 saturated carbocycles. The van der Waals surface area contributed by atoms with Crippen LogP contribution in [0.1, 0.15) is 0 Å². The number of rotatable bonds is 7. The summed E-state index contributed by atoms with van der Waals surface area (Å²) in [5, 5.41) is 4.23. The van der Waals surface area contributed by atoms with Crippen molar-refractivity contribution in [2.24, 2.45) is 0 Å². The molecule has 12 aromatic rings. The minimum Gasteiger partial charge on any atom is -0.278 e. The fourth-order valence-corrected chi connectivity index (χ4v) is 8.54. The first-order chi connectivity index (χ1) is 30.7. The average molecular weight is 796 g/mol. The topological polar surface area (TPSA) is 100 Å². The summed E-state index contributed by atoms with van der Waals surface area (Å²) in [6.07, 6.45) is 7.10. The lowest BCUT2D eigenvalue weighted by atomic mass is 10.0. The Morgan fingerprint density at radius 2 is 0.565 bits per heavy atom. The monoisotopic (exact) mass is 795 g/mol. The van der Waals surface area contributed by atoms with Gasteiger partial charge in [-0.15, -0.1) is 0 Å². The molecule has 9 heteroatoms. The van der Waals surface area contributed by atoms with Crippen molar-refractivity contribution in [2.75, 3.05) is 0 Å². The van der Waals surface area contributed by atoms with Gasteiger partial charge >= 0.3 is 0 Å². The normalized spacial score (nSPS) is 11.5.